The minimum Gasteiger partial charge on any atom is -0.448 e. The van der Waals surface area contributed by atoms with Crippen LogP contribution in [-0.2, 0) is 0 Å². The van der Waals surface area contributed by atoms with E-state index in [2.05, 4.69) is 16.9 Å². The van der Waals surface area contributed by atoms with E-state index < -0.39 is 0 Å². The molecule has 1 aromatic rings. The van der Waals surface area contributed by atoms with E-state index in [9.17, 15) is 0 Å². The van der Waals surface area contributed by atoms with Gasteiger partial charge in [0.1, 0.15) is 5.76 Å². The number of rotatable bonds is 1. The second kappa shape index (κ2) is 3.47. The average molecular weight is 181 g/mol. The maximum absolute atomic E-state index is 5.92. The highest BCUT2D eigenvalue weighted by Gasteiger charge is 2.25. The molecule has 1 aromatic heterocycles. The molecule has 0 spiro atoms. The molecule has 0 aliphatic carbocycles. The topological polar surface area (TPSA) is 55.3 Å². The van der Waals surface area contributed by atoms with Crippen LogP contribution in [0.3, 0.4) is 0 Å². The highest BCUT2D eigenvalue weighted by molar-refractivity contribution is 5.03. The Bertz CT molecular complexity index is 250. The maximum atomic E-state index is 5.92. The van der Waals surface area contributed by atoms with Crippen LogP contribution in [0, 0.1) is 0 Å². The van der Waals surface area contributed by atoms with E-state index >= 15 is 0 Å². The van der Waals surface area contributed by atoms with Gasteiger partial charge in [0.25, 0.3) is 0 Å². The zero-order valence-corrected chi connectivity index (χ0v) is 7.81. The van der Waals surface area contributed by atoms with Crippen LogP contribution in [0.25, 0.3) is 0 Å². The molecule has 0 amide bonds. The van der Waals surface area contributed by atoms with E-state index in [0.29, 0.717) is 5.92 Å². The lowest BCUT2D eigenvalue weighted by molar-refractivity contribution is 0.212. The number of likely N-dealkylation sites (N-methyl/N-ethyl adjacent to an activating group) is 1. The maximum Gasteiger partial charge on any atom is 0.180 e. The van der Waals surface area contributed by atoms with Crippen molar-refractivity contribution in [1.29, 1.82) is 0 Å². The van der Waals surface area contributed by atoms with Gasteiger partial charge in [-0.2, -0.15) is 0 Å². The first kappa shape index (κ1) is 8.72. The quantitative estimate of drug-likeness (QED) is 0.682. The number of oxazole rings is 1. The molecule has 2 rings (SSSR count). The minimum absolute atomic E-state index is 0.258. The lowest BCUT2D eigenvalue weighted by atomic mass is 9.93. The highest BCUT2D eigenvalue weighted by Crippen LogP contribution is 2.24. The number of hydrogen-bond acceptors (Lipinski definition) is 4. The van der Waals surface area contributed by atoms with Gasteiger partial charge < -0.3 is 15.1 Å². The summed E-state index contributed by atoms with van der Waals surface area (Å²) in [6.07, 6.45) is 4.27. The zero-order chi connectivity index (χ0) is 9.26. The third-order valence-corrected chi connectivity index (χ3v) is 2.52. The lowest BCUT2D eigenvalue weighted by Crippen LogP contribution is -2.44. The molecule has 0 aromatic carbocycles. The Hall–Kier alpha value is -0.870. The van der Waals surface area contributed by atoms with E-state index in [1.807, 2.05) is 0 Å². The lowest BCUT2D eigenvalue weighted by Gasteiger charge is -2.32. The fourth-order valence-corrected chi connectivity index (χ4v) is 2.00. The Morgan fingerprint density at radius 3 is 3.08 bits per heavy atom. The van der Waals surface area contributed by atoms with Crippen molar-refractivity contribution in [3.8, 4) is 0 Å². The molecule has 4 nitrogen and oxygen atoms in total. The molecule has 0 bridgehead atoms. The molecule has 2 heterocycles. The molecule has 2 unspecified atom stereocenters. The molecule has 1 fully saturated rings. The average Bonchev–Trinajstić information content (AvgIpc) is 2.53. The van der Waals surface area contributed by atoms with E-state index in [0.717, 1.165) is 25.3 Å². The Morgan fingerprint density at radius 2 is 2.46 bits per heavy atom. The van der Waals surface area contributed by atoms with Gasteiger partial charge in [0, 0.05) is 25.0 Å². The van der Waals surface area contributed by atoms with Crippen molar-refractivity contribution in [1.82, 2.24) is 9.88 Å². The fraction of sp³-hybridized carbons (Fsp3) is 0.667. The molecule has 1 aliphatic heterocycles. The molecule has 0 saturated carbocycles. The zero-order valence-electron chi connectivity index (χ0n) is 7.81. The van der Waals surface area contributed by atoms with Crippen LogP contribution in [0.4, 0.5) is 0 Å². The molecular weight excluding hydrogens is 166 g/mol. The summed E-state index contributed by atoms with van der Waals surface area (Å²) >= 11 is 0. The number of piperidine rings is 1. The summed E-state index contributed by atoms with van der Waals surface area (Å²) in [4.78, 5) is 6.16. The first-order chi connectivity index (χ1) is 6.25. The van der Waals surface area contributed by atoms with Crippen molar-refractivity contribution < 1.29 is 4.42 Å². The summed E-state index contributed by atoms with van der Waals surface area (Å²) in [5.41, 5.74) is 5.92. The summed E-state index contributed by atoms with van der Waals surface area (Å²) in [5, 5.41) is 0. The molecular formula is C9H15N3O. The highest BCUT2D eigenvalue weighted by atomic mass is 16.3. The predicted molar refractivity (Wildman–Crippen MR) is 49.3 cm³/mol. The Kier molecular flexibility index (Phi) is 2.33. The second-order valence-electron chi connectivity index (χ2n) is 3.82. The molecule has 13 heavy (non-hydrogen) atoms. The van der Waals surface area contributed by atoms with E-state index in [1.54, 1.807) is 6.20 Å². The predicted octanol–water partition coefficient (Wildman–Crippen LogP) is 0.421. The standard InChI is InChI=1S/C9H15N3O/c1-12-4-7(2-8(10)5-12)9-3-11-6-13-9/h3,6-8H,2,4-5,10H2,1H3. The van der Waals surface area contributed by atoms with E-state index in [1.165, 1.54) is 6.39 Å². The monoisotopic (exact) mass is 181 g/mol. The van der Waals surface area contributed by atoms with Crippen molar-refractivity contribution in [2.45, 2.75) is 18.4 Å². The molecule has 2 N–H and O–H groups in total. The van der Waals surface area contributed by atoms with E-state index in [-0.39, 0.29) is 6.04 Å². The van der Waals surface area contributed by atoms with Gasteiger partial charge in [-0.3, -0.25) is 0 Å². The fourth-order valence-electron chi connectivity index (χ4n) is 2.00. The number of nitrogens with zero attached hydrogens (tertiary/aromatic N) is 2. The molecule has 1 saturated heterocycles. The summed E-state index contributed by atoms with van der Waals surface area (Å²) in [6, 6.07) is 0.258. The first-order valence-corrected chi connectivity index (χ1v) is 4.58. The van der Waals surface area contributed by atoms with Crippen LogP contribution in [0.1, 0.15) is 18.1 Å². The molecule has 2 atom stereocenters. The Morgan fingerprint density at radius 1 is 1.62 bits per heavy atom. The Labute approximate surface area is 77.7 Å². The van der Waals surface area contributed by atoms with Crippen LogP contribution in [0.2, 0.25) is 0 Å². The van der Waals surface area contributed by atoms with Crippen molar-refractivity contribution in [3.63, 3.8) is 0 Å². The molecule has 0 radical (unpaired) electrons. The van der Waals surface area contributed by atoms with Gasteiger partial charge in [0.05, 0.1) is 6.20 Å². The van der Waals surface area contributed by atoms with Gasteiger partial charge in [-0.25, -0.2) is 4.98 Å². The summed E-state index contributed by atoms with van der Waals surface area (Å²) in [7, 11) is 2.09. The van der Waals surface area contributed by atoms with Gasteiger partial charge >= 0.3 is 0 Å². The van der Waals surface area contributed by atoms with Gasteiger partial charge in [-0.15, -0.1) is 0 Å². The number of aromatic nitrogens is 1. The third kappa shape index (κ3) is 1.89. The largest absolute Gasteiger partial charge is 0.448 e. The first-order valence-electron chi connectivity index (χ1n) is 4.58. The Balaban J connectivity index is 2.07. The van der Waals surface area contributed by atoms with E-state index in [4.69, 9.17) is 10.2 Å². The van der Waals surface area contributed by atoms with Crippen LogP contribution >= 0.6 is 0 Å². The molecule has 1 aliphatic rings. The van der Waals surface area contributed by atoms with Crippen LogP contribution in [0.5, 0.6) is 0 Å². The van der Waals surface area contributed by atoms with Gasteiger partial charge in [0.15, 0.2) is 6.39 Å². The smallest absolute Gasteiger partial charge is 0.180 e. The summed E-state index contributed by atoms with van der Waals surface area (Å²) < 4.78 is 5.28. The van der Waals surface area contributed by atoms with Gasteiger partial charge in [0.2, 0.25) is 0 Å². The summed E-state index contributed by atoms with van der Waals surface area (Å²) in [6.45, 7) is 1.99. The SMILES string of the molecule is CN1CC(N)CC(c2cnco2)C1. The van der Waals surface area contributed by atoms with Crippen molar-refractivity contribution in [2.75, 3.05) is 20.1 Å². The van der Waals surface area contributed by atoms with Crippen LogP contribution < -0.4 is 5.73 Å². The summed E-state index contributed by atoms with van der Waals surface area (Å²) in [5.74, 6) is 1.37. The molecule has 72 valence electrons. The van der Waals surface area contributed by atoms with Gasteiger partial charge in [-0.1, -0.05) is 0 Å². The number of likely N-dealkylation sites (tertiary alicyclic amines) is 1. The van der Waals surface area contributed by atoms with Crippen LogP contribution in [-0.4, -0.2) is 36.1 Å². The van der Waals surface area contributed by atoms with Crippen molar-refractivity contribution in [2.24, 2.45) is 5.73 Å². The van der Waals surface area contributed by atoms with Crippen molar-refractivity contribution in [3.05, 3.63) is 18.4 Å². The normalized spacial score (nSPS) is 30.6. The van der Waals surface area contributed by atoms with Crippen LogP contribution in [0.15, 0.2) is 17.0 Å². The van der Waals surface area contributed by atoms with Gasteiger partial charge in [-0.05, 0) is 13.5 Å². The second-order valence-corrected chi connectivity index (χ2v) is 3.82. The molecule has 4 heteroatoms. The number of nitrogens with two attached hydrogens (primary N) is 1. The number of hydrogen-bond donors (Lipinski definition) is 1. The third-order valence-electron chi connectivity index (χ3n) is 2.52. The van der Waals surface area contributed by atoms with Crippen molar-refractivity contribution >= 4 is 0 Å². The minimum atomic E-state index is 0.258.